The zero-order valence-electron chi connectivity index (χ0n) is 11.2. The molecule has 0 aliphatic carbocycles. The van der Waals surface area contributed by atoms with Gasteiger partial charge in [0.15, 0.2) is 0 Å². The Morgan fingerprint density at radius 1 is 1.25 bits per heavy atom. The maximum absolute atomic E-state index is 12.7. The van der Waals surface area contributed by atoms with Crippen molar-refractivity contribution in [3.05, 3.63) is 42.1 Å². The van der Waals surface area contributed by atoms with Crippen molar-refractivity contribution in [2.75, 3.05) is 6.54 Å². The van der Waals surface area contributed by atoms with E-state index in [2.05, 4.69) is 10.3 Å². The van der Waals surface area contributed by atoms with Crippen LogP contribution in [0.4, 0.5) is 13.2 Å². The highest BCUT2D eigenvalue weighted by Crippen LogP contribution is 2.30. The van der Waals surface area contributed by atoms with Crippen molar-refractivity contribution in [3.63, 3.8) is 0 Å². The van der Waals surface area contributed by atoms with Gasteiger partial charge in [0.2, 0.25) is 0 Å². The summed E-state index contributed by atoms with van der Waals surface area (Å²) in [5.74, 6) is 0. The van der Waals surface area contributed by atoms with Crippen LogP contribution < -0.4 is 5.32 Å². The Morgan fingerprint density at radius 2 is 2.05 bits per heavy atom. The van der Waals surface area contributed by atoms with Crippen molar-refractivity contribution in [3.8, 4) is 0 Å². The number of halogens is 3. The van der Waals surface area contributed by atoms with Gasteiger partial charge in [-0.3, -0.25) is 4.98 Å². The van der Waals surface area contributed by atoms with E-state index in [1.54, 1.807) is 30.5 Å². The van der Waals surface area contributed by atoms with Crippen molar-refractivity contribution in [2.45, 2.75) is 32.0 Å². The minimum atomic E-state index is -4.19. The van der Waals surface area contributed by atoms with E-state index in [-0.39, 0.29) is 0 Å². The first-order chi connectivity index (χ1) is 9.49. The first kappa shape index (κ1) is 14.8. The Kier molecular flexibility index (Phi) is 4.60. The highest BCUT2D eigenvalue weighted by molar-refractivity contribution is 5.79. The van der Waals surface area contributed by atoms with Crippen LogP contribution in [-0.2, 0) is 0 Å². The Bertz CT molecular complexity index is 566. The molecule has 2 nitrogen and oxygen atoms in total. The fraction of sp³-hybridized carbons (Fsp3) is 0.400. The molecule has 0 amide bonds. The van der Waals surface area contributed by atoms with Gasteiger partial charge in [-0.25, -0.2) is 0 Å². The molecule has 0 spiro atoms. The van der Waals surface area contributed by atoms with Gasteiger partial charge in [-0.2, -0.15) is 13.2 Å². The van der Waals surface area contributed by atoms with Crippen molar-refractivity contribution < 1.29 is 13.2 Å². The molecule has 0 aliphatic heterocycles. The summed E-state index contributed by atoms with van der Waals surface area (Å²) < 4.78 is 38.0. The van der Waals surface area contributed by atoms with E-state index in [1.165, 1.54) is 0 Å². The van der Waals surface area contributed by atoms with Gasteiger partial charge in [0.1, 0.15) is 0 Å². The second kappa shape index (κ2) is 6.22. The molecule has 1 unspecified atom stereocenters. The first-order valence-corrected chi connectivity index (χ1v) is 6.64. The van der Waals surface area contributed by atoms with Crippen molar-refractivity contribution in [2.24, 2.45) is 0 Å². The molecule has 20 heavy (non-hydrogen) atoms. The topological polar surface area (TPSA) is 24.9 Å². The van der Waals surface area contributed by atoms with E-state index in [1.807, 2.05) is 13.0 Å². The smallest absolute Gasteiger partial charge is 0.310 e. The SMILES string of the molecule is CCCNC(CC(F)(F)F)c1ccc2ncccc2c1. The Hall–Kier alpha value is -1.62. The van der Waals surface area contributed by atoms with Gasteiger partial charge in [-0.15, -0.1) is 0 Å². The van der Waals surface area contributed by atoms with Crippen LogP contribution in [0, 0.1) is 0 Å². The molecule has 1 heterocycles. The number of nitrogens with one attached hydrogen (secondary N) is 1. The summed E-state index contributed by atoms with van der Waals surface area (Å²) in [7, 11) is 0. The van der Waals surface area contributed by atoms with Crippen LogP contribution >= 0.6 is 0 Å². The number of aromatic nitrogens is 1. The van der Waals surface area contributed by atoms with Crippen molar-refractivity contribution in [1.29, 1.82) is 0 Å². The number of nitrogens with zero attached hydrogens (tertiary/aromatic N) is 1. The number of fused-ring (bicyclic) bond motifs is 1. The molecule has 0 aliphatic rings. The molecule has 1 N–H and O–H groups in total. The quantitative estimate of drug-likeness (QED) is 0.887. The highest BCUT2D eigenvalue weighted by atomic mass is 19.4. The Morgan fingerprint density at radius 3 is 2.75 bits per heavy atom. The van der Waals surface area contributed by atoms with Gasteiger partial charge in [0, 0.05) is 17.6 Å². The molecule has 0 saturated heterocycles. The van der Waals surface area contributed by atoms with Crippen LogP contribution in [0.15, 0.2) is 36.5 Å². The number of pyridine rings is 1. The summed E-state index contributed by atoms with van der Waals surface area (Å²) in [4.78, 5) is 4.18. The van der Waals surface area contributed by atoms with Gasteiger partial charge in [-0.05, 0) is 36.7 Å². The lowest BCUT2D eigenvalue weighted by Crippen LogP contribution is -2.27. The molecule has 2 rings (SSSR count). The summed E-state index contributed by atoms with van der Waals surface area (Å²) in [6.45, 7) is 2.49. The van der Waals surface area contributed by atoms with E-state index in [0.29, 0.717) is 12.1 Å². The third-order valence-corrected chi connectivity index (χ3v) is 3.11. The lowest BCUT2D eigenvalue weighted by molar-refractivity contribution is -0.140. The molecule has 108 valence electrons. The Labute approximate surface area is 116 Å². The van der Waals surface area contributed by atoms with Gasteiger partial charge < -0.3 is 5.32 Å². The summed E-state index contributed by atoms with van der Waals surface area (Å²) in [6.07, 6.45) is -2.58. The van der Waals surface area contributed by atoms with E-state index < -0.39 is 18.6 Å². The second-order valence-corrected chi connectivity index (χ2v) is 4.78. The van der Waals surface area contributed by atoms with E-state index in [9.17, 15) is 13.2 Å². The molecule has 1 aromatic heterocycles. The lowest BCUT2D eigenvalue weighted by atomic mass is 10.0. The van der Waals surface area contributed by atoms with Crippen LogP contribution in [0.3, 0.4) is 0 Å². The molecular formula is C15H17F3N2. The average Bonchev–Trinajstić information content (AvgIpc) is 2.41. The maximum atomic E-state index is 12.7. The third-order valence-electron chi connectivity index (χ3n) is 3.11. The molecule has 2 aromatic rings. The zero-order valence-corrected chi connectivity index (χ0v) is 11.2. The highest BCUT2D eigenvalue weighted by Gasteiger charge is 2.32. The number of hydrogen-bond donors (Lipinski definition) is 1. The standard InChI is InChI=1S/C15H17F3N2/c1-2-7-19-14(10-15(16,17)18)12-5-6-13-11(9-12)4-3-8-20-13/h3-6,8-9,14,19H,2,7,10H2,1H3. The minimum absolute atomic E-state index is 0.561. The molecule has 1 aromatic carbocycles. The summed E-state index contributed by atoms with van der Waals surface area (Å²) >= 11 is 0. The van der Waals surface area contributed by atoms with Crippen LogP contribution in [0.5, 0.6) is 0 Å². The monoisotopic (exact) mass is 282 g/mol. The largest absolute Gasteiger partial charge is 0.390 e. The molecule has 0 radical (unpaired) electrons. The van der Waals surface area contributed by atoms with Gasteiger partial charge in [-0.1, -0.05) is 19.1 Å². The van der Waals surface area contributed by atoms with Crippen molar-refractivity contribution in [1.82, 2.24) is 10.3 Å². The second-order valence-electron chi connectivity index (χ2n) is 4.78. The molecule has 0 fully saturated rings. The number of alkyl halides is 3. The molecule has 1 atom stereocenters. The molecule has 0 bridgehead atoms. The van der Waals surface area contributed by atoms with Crippen molar-refractivity contribution >= 4 is 10.9 Å². The number of hydrogen-bond acceptors (Lipinski definition) is 2. The summed E-state index contributed by atoms with van der Waals surface area (Å²) in [5, 5.41) is 3.82. The van der Waals surface area contributed by atoms with E-state index >= 15 is 0 Å². The van der Waals surface area contributed by atoms with E-state index in [4.69, 9.17) is 0 Å². The predicted octanol–water partition coefficient (Wildman–Crippen LogP) is 4.23. The zero-order chi connectivity index (χ0) is 14.6. The summed E-state index contributed by atoms with van der Waals surface area (Å²) in [6, 6.07) is 8.19. The summed E-state index contributed by atoms with van der Waals surface area (Å²) in [5.41, 5.74) is 1.44. The molecule has 5 heteroatoms. The van der Waals surface area contributed by atoms with Gasteiger partial charge >= 0.3 is 6.18 Å². The lowest BCUT2D eigenvalue weighted by Gasteiger charge is -2.21. The Balaban J connectivity index is 2.29. The van der Waals surface area contributed by atoms with Crippen LogP contribution in [0.1, 0.15) is 31.4 Å². The number of benzene rings is 1. The average molecular weight is 282 g/mol. The van der Waals surface area contributed by atoms with E-state index in [0.717, 1.165) is 17.3 Å². The number of rotatable bonds is 5. The predicted molar refractivity (Wildman–Crippen MR) is 73.4 cm³/mol. The molecular weight excluding hydrogens is 265 g/mol. The third kappa shape index (κ3) is 3.93. The molecule has 0 saturated carbocycles. The normalized spacial score (nSPS) is 13.6. The first-order valence-electron chi connectivity index (χ1n) is 6.64. The minimum Gasteiger partial charge on any atom is -0.310 e. The fourth-order valence-corrected chi connectivity index (χ4v) is 2.17. The van der Waals surface area contributed by atoms with Crippen LogP contribution in [-0.4, -0.2) is 17.7 Å². The van der Waals surface area contributed by atoms with Gasteiger partial charge in [0.05, 0.1) is 11.9 Å². The van der Waals surface area contributed by atoms with Crippen LogP contribution in [0.25, 0.3) is 10.9 Å². The fourth-order valence-electron chi connectivity index (χ4n) is 2.17. The van der Waals surface area contributed by atoms with Gasteiger partial charge in [0.25, 0.3) is 0 Å². The maximum Gasteiger partial charge on any atom is 0.390 e. The van der Waals surface area contributed by atoms with Crippen LogP contribution in [0.2, 0.25) is 0 Å².